The average molecular weight is 1930 g/mol. The molecule has 150 heavy (non-hydrogen) atoms. The molecule has 1 spiro atoms. The van der Waals surface area contributed by atoms with Crippen molar-refractivity contribution in [1.82, 2.24) is 27.4 Å². The van der Waals surface area contributed by atoms with E-state index in [1.54, 1.807) is 0 Å². The first kappa shape index (κ1) is 88.9. The third-order valence-corrected chi connectivity index (χ3v) is 34.6. The van der Waals surface area contributed by atoms with Gasteiger partial charge in [-0.1, -0.05) is 386 Å². The van der Waals surface area contributed by atoms with Crippen LogP contribution in [0.5, 0.6) is 0 Å². The zero-order chi connectivity index (χ0) is 101. The molecule has 0 aliphatic heterocycles. The molecule has 4 aliphatic rings. The van der Waals surface area contributed by atoms with Crippen molar-refractivity contribution >= 4 is 131 Å². The Labute approximate surface area is 873 Å². The molecule has 0 bridgehead atoms. The van der Waals surface area contributed by atoms with Crippen LogP contribution in [0.3, 0.4) is 0 Å². The van der Waals surface area contributed by atoms with Gasteiger partial charge in [0, 0.05) is 115 Å². The lowest BCUT2D eigenvalue weighted by atomic mass is 9.68. The molecule has 31 rings (SSSR count). The van der Waals surface area contributed by atoms with E-state index in [0.717, 1.165) is 0 Å². The molecule has 6 aromatic heterocycles. The number of hydrogen-bond donors (Lipinski definition) is 0. The van der Waals surface area contributed by atoms with Crippen molar-refractivity contribution < 1.29 is 0 Å². The maximum absolute atomic E-state index is 2.56. The highest BCUT2D eigenvalue weighted by Crippen LogP contribution is 2.66. The molecule has 0 N–H and O–H groups in total. The Morgan fingerprint density at radius 1 is 0.147 bits per heavy atom. The van der Waals surface area contributed by atoms with E-state index in [1.165, 1.54) is 276 Å². The summed E-state index contributed by atoms with van der Waals surface area (Å²) in [7, 11) is 0. The first-order valence-electron chi connectivity index (χ1n) is 53.2. The molecule has 0 radical (unpaired) electrons. The van der Waals surface area contributed by atoms with E-state index in [4.69, 9.17) is 0 Å². The van der Waals surface area contributed by atoms with Gasteiger partial charge >= 0.3 is 0 Å². The van der Waals surface area contributed by atoms with Crippen LogP contribution >= 0.6 is 0 Å². The molecular formula is C144H112N6. The van der Waals surface area contributed by atoms with Crippen LogP contribution in [0.25, 0.3) is 209 Å². The molecule has 21 aromatic carbocycles. The van der Waals surface area contributed by atoms with E-state index in [2.05, 4.69) is 572 Å². The summed E-state index contributed by atoms with van der Waals surface area (Å²) in [6.07, 6.45) is 0. The minimum Gasteiger partial charge on any atom is -0.309 e. The lowest BCUT2D eigenvalue weighted by molar-refractivity contribution is 0.586. The second-order valence-corrected chi connectivity index (χ2v) is 45.8. The Morgan fingerprint density at radius 2 is 0.307 bits per heavy atom. The minimum absolute atomic E-state index is 0.0263. The summed E-state index contributed by atoms with van der Waals surface area (Å²) in [5.41, 5.74) is 48.1. The van der Waals surface area contributed by atoms with Crippen molar-refractivity contribution in [3.63, 3.8) is 0 Å². The fourth-order valence-electron chi connectivity index (χ4n) is 27.1. The maximum Gasteiger partial charge on any atom is 0.0727 e. The maximum atomic E-state index is 2.56. The topological polar surface area (TPSA) is 29.6 Å². The van der Waals surface area contributed by atoms with Gasteiger partial charge in [0.1, 0.15) is 0 Å². The fourth-order valence-corrected chi connectivity index (χ4v) is 27.1. The van der Waals surface area contributed by atoms with Crippen molar-refractivity contribution in [2.45, 2.75) is 116 Å². The van der Waals surface area contributed by atoms with E-state index in [-0.39, 0.29) is 27.1 Å². The number of fused-ring (bicyclic) bond motifs is 34. The van der Waals surface area contributed by atoms with Crippen LogP contribution in [-0.4, -0.2) is 27.4 Å². The standard InChI is InChI=1S/C57H46N2.C48H36N2.C39H30N2/c1-55(2,3)35-23-27-39-40-28-24-36(56(4,5)6)32-48(40)57(47(39)31-35)49-33-37(58-51-19-11-7-15-43(51)44-16-8-12-20-52(44)58)25-29-41(49)42-30-26-38(34-50(42)57)59-53-21-13-9-17-45(53)46-18-10-14-22-54(46)59;1-47(2)39-25-29(49-43-17-9-5-13-33(43)34-14-6-10-18-44(34)49)21-23-31(39)37-28-42-38(27-41(37)47)32-24-22-30(26-40(32)48(42,3)4)50-45-19-11-7-15-35(45)36-16-8-12-20-46(36)50;1-39(2,27-19-23-29(24-20-27)40-35-15-7-3-11-31(35)32-12-4-8-16-36(32)40)28-21-25-30(26-22-28)41-37-17-9-5-13-33(37)34-14-6-10-18-38(34)41/h7-34H,1-6H3;5-28H,1-4H3;3-26H,1-2H3. The highest BCUT2D eigenvalue weighted by Gasteiger charge is 2.54. The normalized spacial score (nSPS) is 13.9. The van der Waals surface area contributed by atoms with Crippen LogP contribution < -0.4 is 0 Å². The van der Waals surface area contributed by atoms with Crippen molar-refractivity contribution in [2.24, 2.45) is 0 Å². The summed E-state index contributed by atoms with van der Waals surface area (Å²) in [5, 5.41) is 15.4. The Balaban J connectivity index is 0.000000107. The van der Waals surface area contributed by atoms with Gasteiger partial charge in [-0.15, -0.1) is 0 Å². The molecule has 0 fully saturated rings. The summed E-state index contributed by atoms with van der Waals surface area (Å²) in [6, 6.07) is 172. The predicted molar refractivity (Wildman–Crippen MR) is 633 cm³/mol. The van der Waals surface area contributed by atoms with E-state index in [0.29, 0.717) is 0 Å². The Hall–Kier alpha value is -17.6. The second kappa shape index (κ2) is 32.5. The number of rotatable bonds is 8. The Bertz CT molecular complexity index is 9490. The molecule has 6 heterocycles. The quantitative estimate of drug-likeness (QED) is 0.145. The van der Waals surface area contributed by atoms with E-state index in [1.807, 2.05) is 0 Å². The lowest BCUT2D eigenvalue weighted by Crippen LogP contribution is -2.27. The van der Waals surface area contributed by atoms with Crippen LogP contribution in [0.15, 0.2) is 461 Å². The third kappa shape index (κ3) is 12.8. The van der Waals surface area contributed by atoms with Gasteiger partial charge in [-0.3, -0.25) is 0 Å². The smallest absolute Gasteiger partial charge is 0.0727 e. The number of para-hydroxylation sites is 12. The molecule has 4 aliphatic carbocycles. The SMILES string of the molecule is CC(C)(C)c1ccc2c(c1)C1(c3cc(-n4c5ccccc5c5ccccc54)ccc3-c3ccc(-n4c5ccccc5c5ccccc54)cc31)c1cc(C(C)(C)C)ccc1-2.CC(C)(c1ccc(-n2c3ccccc3c3ccccc32)cc1)c1ccc(-n2c3ccccc3c3ccccc32)cc1.CC1(C)c2cc(-n3c4ccccc4c4ccccc43)ccc2-c2cc3c(cc21)-c1ccc(-n2c4ccccc4c4ccccc42)cc1C3(C)C. The first-order valence-corrected chi connectivity index (χ1v) is 53.2. The highest BCUT2D eigenvalue weighted by atomic mass is 15.0. The molecule has 0 unspecified atom stereocenters. The first-order chi connectivity index (χ1) is 73.0. The summed E-state index contributed by atoms with van der Waals surface area (Å²) >= 11 is 0. The zero-order valence-electron chi connectivity index (χ0n) is 86.6. The minimum atomic E-state index is -0.554. The van der Waals surface area contributed by atoms with E-state index in [9.17, 15) is 0 Å². The molecular weight excluding hydrogens is 1810 g/mol. The number of aromatic nitrogens is 6. The van der Waals surface area contributed by atoms with Crippen molar-refractivity contribution in [1.29, 1.82) is 0 Å². The van der Waals surface area contributed by atoms with Gasteiger partial charge < -0.3 is 27.4 Å². The van der Waals surface area contributed by atoms with Gasteiger partial charge in [0.05, 0.1) is 71.6 Å². The number of hydrogen-bond acceptors (Lipinski definition) is 0. The van der Waals surface area contributed by atoms with Gasteiger partial charge in [-0.2, -0.15) is 0 Å². The van der Waals surface area contributed by atoms with Gasteiger partial charge in [0.25, 0.3) is 0 Å². The monoisotopic (exact) mass is 1920 g/mol. The Kier molecular flexibility index (Phi) is 19.2. The van der Waals surface area contributed by atoms with Gasteiger partial charge in [-0.25, -0.2) is 0 Å². The summed E-state index contributed by atoms with van der Waals surface area (Å²) < 4.78 is 14.6. The van der Waals surface area contributed by atoms with Gasteiger partial charge in [0.15, 0.2) is 0 Å². The third-order valence-electron chi connectivity index (χ3n) is 34.6. The van der Waals surface area contributed by atoms with Crippen LogP contribution in [0.4, 0.5) is 0 Å². The van der Waals surface area contributed by atoms with Crippen LogP contribution in [0.1, 0.15) is 150 Å². The molecule has 0 amide bonds. The average Bonchev–Trinajstić information content (AvgIpc) is 1.50. The van der Waals surface area contributed by atoms with E-state index >= 15 is 0 Å². The summed E-state index contributed by atoms with van der Waals surface area (Å²) in [4.78, 5) is 0. The highest BCUT2D eigenvalue weighted by molar-refractivity contribution is 6.15. The van der Waals surface area contributed by atoms with Crippen LogP contribution in [0.2, 0.25) is 0 Å². The number of benzene rings is 21. The Morgan fingerprint density at radius 3 is 0.520 bits per heavy atom. The lowest BCUT2D eigenvalue weighted by Gasteiger charge is -2.33. The van der Waals surface area contributed by atoms with Gasteiger partial charge in [-0.05, 0) is 280 Å². The molecule has 0 atom stereocenters. The molecule has 718 valence electrons. The molecule has 27 aromatic rings. The fraction of sp³-hybridized carbons (Fsp3) is 0.125. The zero-order valence-corrected chi connectivity index (χ0v) is 86.6. The summed E-state index contributed by atoms with van der Waals surface area (Å²) in [5.74, 6) is 0. The second-order valence-electron chi connectivity index (χ2n) is 45.8. The van der Waals surface area contributed by atoms with Crippen molar-refractivity contribution in [2.75, 3.05) is 0 Å². The van der Waals surface area contributed by atoms with Crippen LogP contribution in [-0.2, 0) is 32.5 Å². The largest absolute Gasteiger partial charge is 0.309 e. The molecule has 0 saturated heterocycles. The molecule has 0 saturated carbocycles. The van der Waals surface area contributed by atoms with Crippen molar-refractivity contribution in [3.8, 4) is 78.6 Å². The summed E-state index contributed by atoms with van der Waals surface area (Å²) in [6.45, 7) is 28.3. The van der Waals surface area contributed by atoms with E-state index < -0.39 is 5.41 Å². The predicted octanol–water partition coefficient (Wildman–Crippen LogP) is 37.5. The molecule has 6 nitrogen and oxygen atoms in total. The van der Waals surface area contributed by atoms with Crippen LogP contribution in [0, 0.1) is 0 Å². The van der Waals surface area contributed by atoms with Crippen molar-refractivity contribution in [3.05, 3.63) is 528 Å². The number of nitrogens with zero attached hydrogens (tertiary/aromatic N) is 6. The van der Waals surface area contributed by atoms with Gasteiger partial charge in [0.2, 0.25) is 0 Å². The molecule has 6 heteroatoms.